The highest BCUT2D eigenvalue weighted by atomic mass is 16.5. The molecule has 0 unspecified atom stereocenters. The summed E-state index contributed by atoms with van der Waals surface area (Å²) in [6, 6.07) is 10.4. The van der Waals surface area contributed by atoms with Gasteiger partial charge >= 0.3 is 0 Å². The number of anilines is 1. The average molecular weight is 362 g/mol. The van der Waals surface area contributed by atoms with E-state index in [0.717, 1.165) is 12.1 Å². The predicted octanol–water partition coefficient (Wildman–Crippen LogP) is 3.75. The van der Waals surface area contributed by atoms with Gasteiger partial charge < -0.3 is 10.1 Å². The first-order valence-electron chi connectivity index (χ1n) is 8.87. The highest BCUT2D eigenvalue weighted by molar-refractivity contribution is 5.90. The molecule has 0 aliphatic heterocycles. The molecule has 3 aromatic rings. The van der Waals surface area contributed by atoms with E-state index in [4.69, 9.17) is 4.74 Å². The number of nitrogens with zero attached hydrogens (tertiary/aromatic N) is 5. The normalized spacial score (nSPS) is 11.5. The highest BCUT2D eigenvalue weighted by Crippen LogP contribution is 2.21. The number of methoxy groups -OCH3 is 1. The summed E-state index contributed by atoms with van der Waals surface area (Å²) in [4.78, 5) is 12.8. The molecule has 0 amide bonds. The molecular weight excluding hydrogens is 340 g/mol. The summed E-state index contributed by atoms with van der Waals surface area (Å²) in [6.07, 6.45) is 8.16. The average Bonchev–Trinajstić information content (AvgIpc) is 3.12. The van der Waals surface area contributed by atoms with Crippen LogP contribution in [0.4, 0.5) is 5.69 Å². The molecule has 7 heteroatoms. The van der Waals surface area contributed by atoms with Crippen molar-refractivity contribution >= 4 is 22.4 Å². The standard InChI is InChI=1S/C20H22N6O/c1-3-4-5-15-6-8-17(9-7-15)22-11-16(10-21)18-19-20(24-12-23-18)26(13-25-19)14-27-2/h6-9,11-13,22H,3-5,14H2,1-2H3/b16-11-. The number of hydrogen-bond donors (Lipinski definition) is 1. The van der Waals surface area contributed by atoms with Crippen molar-refractivity contribution in [2.75, 3.05) is 12.4 Å². The number of ether oxygens (including phenoxy) is 1. The fourth-order valence-corrected chi connectivity index (χ4v) is 2.77. The van der Waals surface area contributed by atoms with E-state index >= 15 is 0 Å². The van der Waals surface area contributed by atoms with E-state index in [1.807, 2.05) is 12.1 Å². The third-order valence-corrected chi connectivity index (χ3v) is 4.20. The molecule has 2 aromatic heterocycles. The molecule has 2 heterocycles. The Bertz CT molecular complexity index is 968. The predicted molar refractivity (Wildman–Crippen MR) is 105 cm³/mol. The van der Waals surface area contributed by atoms with Crippen LogP contribution in [-0.4, -0.2) is 26.6 Å². The first kappa shape index (κ1) is 18.5. The van der Waals surface area contributed by atoms with E-state index < -0.39 is 0 Å². The van der Waals surface area contributed by atoms with Gasteiger partial charge in [-0.1, -0.05) is 25.5 Å². The summed E-state index contributed by atoms with van der Waals surface area (Å²) in [5.41, 5.74) is 4.30. The largest absolute Gasteiger partial charge is 0.364 e. The quantitative estimate of drug-likeness (QED) is 0.614. The molecule has 0 aliphatic carbocycles. The van der Waals surface area contributed by atoms with Crippen molar-refractivity contribution in [2.24, 2.45) is 0 Å². The highest BCUT2D eigenvalue weighted by Gasteiger charge is 2.13. The van der Waals surface area contributed by atoms with E-state index in [0.29, 0.717) is 29.2 Å². The van der Waals surface area contributed by atoms with Crippen molar-refractivity contribution in [2.45, 2.75) is 32.9 Å². The number of hydrogen-bond acceptors (Lipinski definition) is 6. The Balaban J connectivity index is 1.83. The number of fused-ring (bicyclic) bond motifs is 1. The molecular formula is C20H22N6O. The van der Waals surface area contributed by atoms with E-state index in [1.165, 1.54) is 24.7 Å². The smallest absolute Gasteiger partial charge is 0.165 e. The fraction of sp³-hybridized carbons (Fsp3) is 0.300. The zero-order chi connectivity index (χ0) is 19.1. The van der Waals surface area contributed by atoms with Crippen LogP contribution in [0.25, 0.3) is 16.7 Å². The number of rotatable bonds is 8. The van der Waals surface area contributed by atoms with Crippen LogP contribution >= 0.6 is 0 Å². The van der Waals surface area contributed by atoms with Crippen molar-refractivity contribution in [1.29, 1.82) is 5.26 Å². The second-order valence-electron chi connectivity index (χ2n) is 6.14. The second-order valence-corrected chi connectivity index (χ2v) is 6.14. The van der Waals surface area contributed by atoms with Gasteiger partial charge in [0.05, 0.1) is 11.9 Å². The molecule has 0 bridgehead atoms. The van der Waals surface area contributed by atoms with E-state index in [2.05, 4.69) is 45.4 Å². The number of allylic oxidation sites excluding steroid dienone is 1. The molecule has 0 radical (unpaired) electrons. The van der Waals surface area contributed by atoms with Gasteiger partial charge in [-0.05, 0) is 30.5 Å². The molecule has 0 aliphatic rings. The minimum Gasteiger partial charge on any atom is -0.364 e. The van der Waals surface area contributed by atoms with Crippen molar-refractivity contribution in [3.05, 3.63) is 54.4 Å². The van der Waals surface area contributed by atoms with Crippen molar-refractivity contribution in [3.63, 3.8) is 0 Å². The van der Waals surface area contributed by atoms with Crippen LogP contribution < -0.4 is 5.32 Å². The van der Waals surface area contributed by atoms with Crippen LogP contribution in [0.1, 0.15) is 31.0 Å². The van der Waals surface area contributed by atoms with E-state index in [1.54, 1.807) is 24.2 Å². The van der Waals surface area contributed by atoms with Gasteiger partial charge in [0.15, 0.2) is 5.65 Å². The Hall–Kier alpha value is -3.24. The molecule has 1 aromatic carbocycles. The zero-order valence-electron chi connectivity index (χ0n) is 15.5. The first-order valence-corrected chi connectivity index (χ1v) is 8.87. The molecule has 0 spiro atoms. The van der Waals surface area contributed by atoms with Gasteiger partial charge in [0.2, 0.25) is 0 Å². The van der Waals surface area contributed by atoms with Crippen LogP contribution in [0.5, 0.6) is 0 Å². The lowest BCUT2D eigenvalue weighted by molar-refractivity contribution is 0.134. The topological polar surface area (TPSA) is 88.7 Å². The van der Waals surface area contributed by atoms with Gasteiger partial charge in [0.1, 0.15) is 30.3 Å². The number of benzene rings is 1. The number of unbranched alkanes of at least 4 members (excludes halogenated alkanes) is 1. The summed E-state index contributed by atoms with van der Waals surface area (Å²) in [5, 5.41) is 12.8. The lowest BCUT2D eigenvalue weighted by Gasteiger charge is -2.05. The Morgan fingerprint density at radius 2 is 2.07 bits per heavy atom. The van der Waals surface area contributed by atoms with Crippen LogP contribution in [0.3, 0.4) is 0 Å². The van der Waals surface area contributed by atoms with Gasteiger partial charge in [-0.25, -0.2) is 15.0 Å². The Kier molecular flexibility index (Phi) is 6.13. The number of aryl methyl sites for hydroxylation is 1. The van der Waals surface area contributed by atoms with Crippen LogP contribution in [0.2, 0.25) is 0 Å². The molecule has 1 N–H and O–H groups in total. The fourth-order valence-electron chi connectivity index (χ4n) is 2.77. The van der Waals surface area contributed by atoms with Gasteiger partial charge in [-0.15, -0.1) is 0 Å². The van der Waals surface area contributed by atoms with Gasteiger partial charge in [-0.3, -0.25) is 4.57 Å². The SMILES string of the molecule is CCCCc1ccc(N/C=C(/C#N)c2ncnc3c2ncn3COC)cc1. The lowest BCUT2D eigenvalue weighted by atomic mass is 10.1. The van der Waals surface area contributed by atoms with Crippen molar-refractivity contribution in [3.8, 4) is 6.07 Å². The van der Waals surface area contributed by atoms with Gasteiger partial charge in [-0.2, -0.15) is 5.26 Å². The minimum atomic E-state index is 0.335. The summed E-state index contributed by atoms with van der Waals surface area (Å²) < 4.78 is 6.89. The van der Waals surface area contributed by atoms with E-state index in [9.17, 15) is 5.26 Å². The molecule has 7 nitrogen and oxygen atoms in total. The maximum absolute atomic E-state index is 9.59. The van der Waals surface area contributed by atoms with Gasteiger partial charge in [0.25, 0.3) is 0 Å². The van der Waals surface area contributed by atoms with Crippen LogP contribution in [-0.2, 0) is 17.9 Å². The number of imidazole rings is 1. The third kappa shape index (κ3) is 4.30. The minimum absolute atomic E-state index is 0.335. The molecule has 0 saturated carbocycles. The second kappa shape index (κ2) is 8.92. The molecule has 0 atom stereocenters. The summed E-state index contributed by atoms with van der Waals surface area (Å²) >= 11 is 0. The zero-order valence-corrected chi connectivity index (χ0v) is 15.5. The Morgan fingerprint density at radius 1 is 1.26 bits per heavy atom. The van der Waals surface area contributed by atoms with Crippen molar-refractivity contribution < 1.29 is 4.74 Å². The maximum atomic E-state index is 9.59. The van der Waals surface area contributed by atoms with Crippen LogP contribution in [0.15, 0.2) is 43.1 Å². The molecule has 0 fully saturated rings. The Morgan fingerprint density at radius 3 is 2.78 bits per heavy atom. The van der Waals surface area contributed by atoms with Crippen LogP contribution in [0, 0.1) is 11.3 Å². The van der Waals surface area contributed by atoms with Crippen molar-refractivity contribution in [1.82, 2.24) is 19.5 Å². The first-order chi connectivity index (χ1) is 13.3. The summed E-state index contributed by atoms with van der Waals surface area (Å²) in [7, 11) is 1.60. The summed E-state index contributed by atoms with van der Waals surface area (Å²) in [6.45, 7) is 2.52. The molecule has 3 rings (SSSR count). The monoisotopic (exact) mass is 362 g/mol. The Labute approximate surface area is 158 Å². The number of nitriles is 1. The number of nitrogens with one attached hydrogen (secondary N) is 1. The number of aromatic nitrogens is 4. The molecule has 138 valence electrons. The molecule has 27 heavy (non-hydrogen) atoms. The molecule has 0 saturated heterocycles. The third-order valence-electron chi connectivity index (χ3n) is 4.20. The van der Waals surface area contributed by atoms with Gasteiger partial charge in [0, 0.05) is 19.0 Å². The van der Waals surface area contributed by atoms with E-state index in [-0.39, 0.29) is 0 Å². The maximum Gasteiger partial charge on any atom is 0.165 e. The summed E-state index contributed by atoms with van der Waals surface area (Å²) in [5.74, 6) is 0. The lowest BCUT2D eigenvalue weighted by Crippen LogP contribution is -2.00.